The van der Waals surface area contributed by atoms with Crippen LogP contribution in [0.4, 0.5) is 0 Å². The fourth-order valence-corrected chi connectivity index (χ4v) is 3.07. The van der Waals surface area contributed by atoms with Gasteiger partial charge in [-0.1, -0.05) is 0 Å². The molecule has 0 saturated carbocycles. The second-order valence-corrected chi connectivity index (χ2v) is 6.56. The molecule has 0 aromatic carbocycles. The van der Waals surface area contributed by atoms with Crippen molar-refractivity contribution >= 4 is 5.91 Å². The highest BCUT2D eigenvalue weighted by atomic mass is 16.5. The number of hydrogen-bond donors (Lipinski definition) is 1. The van der Waals surface area contributed by atoms with Crippen molar-refractivity contribution in [3.63, 3.8) is 0 Å². The van der Waals surface area contributed by atoms with E-state index in [4.69, 9.17) is 4.74 Å². The molecule has 1 fully saturated rings. The van der Waals surface area contributed by atoms with Gasteiger partial charge in [-0.05, 0) is 0 Å². The van der Waals surface area contributed by atoms with E-state index in [1.54, 1.807) is 28.2 Å². The van der Waals surface area contributed by atoms with Gasteiger partial charge in [-0.25, -0.2) is 15.0 Å². The van der Waals surface area contributed by atoms with Crippen LogP contribution in [0.25, 0.3) is 11.1 Å². The minimum atomic E-state index is -0.344. The number of amides is 1. The number of aryl methyl sites for hydroxylation is 1. The number of rotatable bonds is 4. The van der Waals surface area contributed by atoms with Gasteiger partial charge in [0.25, 0.3) is 11.5 Å². The lowest BCUT2D eigenvalue weighted by molar-refractivity contribution is 0.0573. The third-order valence-corrected chi connectivity index (χ3v) is 4.57. The Hall–Kier alpha value is -3.56. The summed E-state index contributed by atoms with van der Waals surface area (Å²) in [4.78, 5) is 40.3. The van der Waals surface area contributed by atoms with Crippen LogP contribution < -0.4 is 10.3 Å². The summed E-state index contributed by atoms with van der Waals surface area (Å²) in [5.74, 6) is -0.248. The van der Waals surface area contributed by atoms with E-state index < -0.39 is 0 Å². The fraction of sp³-hybridized carbons (Fsp3) is 0.333. The van der Waals surface area contributed by atoms with Gasteiger partial charge in [-0.15, -0.1) is 0 Å². The number of carbonyl (C=O) groups excluding carboxylic acids is 1. The van der Waals surface area contributed by atoms with Gasteiger partial charge in [0, 0.05) is 68.8 Å². The molecule has 144 valence electrons. The third-order valence-electron chi connectivity index (χ3n) is 4.57. The Kier molecular flexibility index (Phi) is 4.83. The zero-order chi connectivity index (χ0) is 19.5. The van der Waals surface area contributed by atoms with E-state index in [-0.39, 0.29) is 23.3 Å². The molecule has 4 rings (SSSR count). The summed E-state index contributed by atoms with van der Waals surface area (Å²) in [5.41, 5.74) is 1.61. The van der Waals surface area contributed by atoms with Crippen LogP contribution in [0.3, 0.4) is 0 Å². The largest absolute Gasteiger partial charge is 0.460 e. The maximum Gasteiger partial charge on any atom is 0.316 e. The summed E-state index contributed by atoms with van der Waals surface area (Å²) < 4.78 is 7.57. The molecule has 1 aliphatic heterocycles. The van der Waals surface area contributed by atoms with E-state index in [0.717, 1.165) is 11.1 Å². The zero-order valence-corrected chi connectivity index (χ0v) is 15.3. The number of ether oxygens (including phenoxy) is 1. The van der Waals surface area contributed by atoms with Crippen LogP contribution in [0.1, 0.15) is 23.3 Å². The van der Waals surface area contributed by atoms with E-state index in [0.29, 0.717) is 31.9 Å². The molecule has 10 heteroatoms. The number of nitrogens with zero attached hydrogens (tertiary/aromatic N) is 6. The number of carbonyl (C=O) groups is 1. The molecular formula is C18H19N7O3. The summed E-state index contributed by atoms with van der Waals surface area (Å²) in [6.07, 6.45) is 9.53. The number of likely N-dealkylation sites (tertiary alicyclic amines) is 1. The summed E-state index contributed by atoms with van der Waals surface area (Å²) in [7, 11) is 1.85. The van der Waals surface area contributed by atoms with Crippen LogP contribution in [-0.2, 0) is 7.05 Å². The van der Waals surface area contributed by atoms with Crippen LogP contribution in [0.2, 0.25) is 0 Å². The standard InChI is InChI=1S/C18H19N7O3/c1-24-10-13(9-23-24)12-7-19-18(20-8-12)28-14-2-4-25(5-3-14)17(27)15-6-16(26)22-11-21-15/h6-11,14H,2-5H2,1H3,(H,21,22,26). The van der Waals surface area contributed by atoms with Gasteiger partial charge in [0.05, 0.1) is 12.5 Å². The van der Waals surface area contributed by atoms with Crippen molar-refractivity contribution in [3.8, 4) is 17.1 Å². The molecule has 28 heavy (non-hydrogen) atoms. The van der Waals surface area contributed by atoms with Crippen molar-refractivity contribution in [1.82, 2.24) is 34.6 Å². The molecule has 0 atom stereocenters. The van der Waals surface area contributed by atoms with E-state index >= 15 is 0 Å². The van der Waals surface area contributed by atoms with Gasteiger partial charge >= 0.3 is 6.01 Å². The van der Waals surface area contributed by atoms with E-state index in [1.165, 1.54) is 12.4 Å². The van der Waals surface area contributed by atoms with Crippen molar-refractivity contribution in [3.05, 3.63) is 53.2 Å². The number of aromatic amines is 1. The Labute approximate surface area is 160 Å². The number of aromatic nitrogens is 6. The molecule has 0 spiro atoms. The molecular weight excluding hydrogens is 362 g/mol. The van der Waals surface area contributed by atoms with Crippen LogP contribution >= 0.6 is 0 Å². The Bertz CT molecular complexity index is 1020. The van der Waals surface area contributed by atoms with Crippen molar-refractivity contribution in [2.45, 2.75) is 18.9 Å². The number of piperidine rings is 1. The van der Waals surface area contributed by atoms with Gasteiger partial charge in [0.1, 0.15) is 11.8 Å². The van der Waals surface area contributed by atoms with Crippen molar-refractivity contribution < 1.29 is 9.53 Å². The maximum absolute atomic E-state index is 12.4. The minimum absolute atomic E-state index is 0.0690. The summed E-state index contributed by atoms with van der Waals surface area (Å²) in [5, 5.41) is 4.13. The normalized spacial score (nSPS) is 14.8. The maximum atomic E-state index is 12.4. The Morgan fingerprint density at radius 3 is 2.54 bits per heavy atom. The first-order chi connectivity index (χ1) is 13.6. The molecule has 0 aliphatic carbocycles. The SMILES string of the molecule is Cn1cc(-c2cnc(OC3CCN(C(=O)c4cc(=O)[nH]cn4)CC3)nc2)cn1. The van der Waals surface area contributed by atoms with Gasteiger partial charge < -0.3 is 14.6 Å². The highest BCUT2D eigenvalue weighted by Crippen LogP contribution is 2.20. The predicted molar refractivity (Wildman–Crippen MR) is 98.6 cm³/mol. The van der Waals surface area contributed by atoms with Crippen LogP contribution in [-0.4, -0.2) is 59.7 Å². The minimum Gasteiger partial charge on any atom is -0.460 e. The van der Waals surface area contributed by atoms with Crippen LogP contribution in [0.5, 0.6) is 6.01 Å². The first-order valence-electron chi connectivity index (χ1n) is 8.90. The molecule has 0 bridgehead atoms. The Morgan fingerprint density at radius 1 is 1.14 bits per heavy atom. The molecule has 1 amide bonds. The second kappa shape index (κ2) is 7.59. The lowest BCUT2D eigenvalue weighted by atomic mass is 10.1. The van der Waals surface area contributed by atoms with E-state index in [1.807, 2.05) is 13.2 Å². The summed E-state index contributed by atoms with van der Waals surface area (Å²) in [6.45, 7) is 1.04. The Morgan fingerprint density at radius 2 is 1.89 bits per heavy atom. The van der Waals surface area contributed by atoms with Crippen molar-refractivity contribution in [2.24, 2.45) is 7.05 Å². The number of H-pyrrole nitrogens is 1. The molecule has 1 aliphatic rings. The molecule has 3 aromatic rings. The molecule has 4 heterocycles. The topological polar surface area (TPSA) is 119 Å². The molecule has 10 nitrogen and oxygen atoms in total. The molecule has 1 N–H and O–H groups in total. The van der Waals surface area contributed by atoms with Gasteiger partial charge in [0.15, 0.2) is 0 Å². The number of nitrogens with one attached hydrogen (secondary N) is 1. The van der Waals surface area contributed by atoms with E-state index in [2.05, 4.69) is 25.0 Å². The van der Waals surface area contributed by atoms with Crippen molar-refractivity contribution in [2.75, 3.05) is 13.1 Å². The zero-order valence-electron chi connectivity index (χ0n) is 15.3. The first kappa shape index (κ1) is 17.8. The lowest BCUT2D eigenvalue weighted by Crippen LogP contribution is -2.42. The first-order valence-corrected chi connectivity index (χ1v) is 8.90. The molecule has 0 unspecified atom stereocenters. The summed E-state index contributed by atoms with van der Waals surface area (Å²) >= 11 is 0. The highest BCUT2D eigenvalue weighted by Gasteiger charge is 2.26. The average molecular weight is 381 g/mol. The fourth-order valence-electron chi connectivity index (χ4n) is 3.07. The predicted octanol–water partition coefficient (Wildman–Crippen LogP) is 0.644. The van der Waals surface area contributed by atoms with Gasteiger partial charge in [-0.3, -0.25) is 14.3 Å². The van der Waals surface area contributed by atoms with Crippen LogP contribution in [0, 0.1) is 0 Å². The quantitative estimate of drug-likeness (QED) is 0.704. The monoisotopic (exact) mass is 381 g/mol. The molecule has 3 aromatic heterocycles. The average Bonchev–Trinajstić information content (AvgIpc) is 3.15. The summed E-state index contributed by atoms with van der Waals surface area (Å²) in [6, 6.07) is 1.52. The molecule has 0 radical (unpaired) electrons. The highest BCUT2D eigenvalue weighted by molar-refractivity contribution is 5.92. The smallest absolute Gasteiger partial charge is 0.316 e. The van der Waals surface area contributed by atoms with Crippen LogP contribution in [0.15, 0.2) is 42.0 Å². The lowest BCUT2D eigenvalue weighted by Gasteiger charge is -2.31. The Balaban J connectivity index is 1.33. The third kappa shape index (κ3) is 3.90. The van der Waals surface area contributed by atoms with Crippen molar-refractivity contribution in [1.29, 1.82) is 0 Å². The van der Waals surface area contributed by atoms with Gasteiger partial charge in [-0.2, -0.15) is 5.10 Å². The van der Waals surface area contributed by atoms with Gasteiger partial charge in [0.2, 0.25) is 0 Å². The van der Waals surface area contributed by atoms with E-state index in [9.17, 15) is 9.59 Å². The second-order valence-electron chi connectivity index (χ2n) is 6.56. The molecule has 1 saturated heterocycles. The number of hydrogen-bond acceptors (Lipinski definition) is 7.